The van der Waals surface area contributed by atoms with Gasteiger partial charge in [0.15, 0.2) is 5.01 Å². The second kappa shape index (κ2) is 7.55. The highest BCUT2D eigenvalue weighted by atomic mass is 32.1. The minimum absolute atomic E-state index is 0.105. The van der Waals surface area contributed by atoms with Crippen LogP contribution in [0.2, 0.25) is 0 Å². The topological polar surface area (TPSA) is 89.6 Å². The van der Waals surface area contributed by atoms with Crippen LogP contribution in [0.25, 0.3) is 21.6 Å². The van der Waals surface area contributed by atoms with Crippen LogP contribution >= 0.6 is 11.3 Å². The lowest BCUT2D eigenvalue weighted by atomic mass is 10.1. The Morgan fingerprint density at radius 3 is 2.77 bits per heavy atom. The average Bonchev–Trinajstić information content (AvgIpc) is 3.16. The first-order chi connectivity index (χ1) is 12.8. The van der Waals surface area contributed by atoms with Crippen LogP contribution < -0.4 is 11.1 Å². The fourth-order valence-electron chi connectivity index (χ4n) is 2.74. The monoisotopic (exact) mass is 362 g/mol. The van der Waals surface area contributed by atoms with E-state index >= 15 is 0 Å². The van der Waals surface area contributed by atoms with Gasteiger partial charge in [0.2, 0.25) is 5.13 Å². The Balaban J connectivity index is 1.51. The molecule has 0 saturated carbocycles. The van der Waals surface area contributed by atoms with E-state index in [2.05, 4.69) is 37.6 Å². The van der Waals surface area contributed by atoms with Crippen molar-refractivity contribution in [3.63, 3.8) is 0 Å². The van der Waals surface area contributed by atoms with Crippen molar-refractivity contribution >= 4 is 27.4 Å². The number of anilines is 1. The molecule has 6 nitrogen and oxygen atoms in total. The lowest BCUT2D eigenvalue weighted by Gasteiger charge is -2.15. The Morgan fingerprint density at radius 1 is 1.04 bits per heavy atom. The average molecular weight is 362 g/mol. The predicted molar refractivity (Wildman–Crippen MR) is 105 cm³/mol. The van der Waals surface area contributed by atoms with E-state index in [-0.39, 0.29) is 6.04 Å². The van der Waals surface area contributed by atoms with Gasteiger partial charge in [-0.3, -0.25) is 4.98 Å². The molecule has 3 heterocycles. The minimum Gasteiger partial charge on any atom is -0.356 e. The summed E-state index contributed by atoms with van der Waals surface area (Å²) in [5.74, 6) is 0. The molecule has 4 aromatic rings. The largest absolute Gasteiger partial charge is 0.356 e. The first kappa shape index (κ1) is 16.6. The minimum atomic E-state index is 0.105. The summed E-state index contributed by atoms with van der Waals surface area (Å²) < 4.78 is 0. The van der Waals surface area contributed by atoms with E-state index < -0.39 is 0 Å². The maximum absolute atomic E-state index is 5.92. The molecule has 0 saturated heterocycles. The predicted octanol–water partition coefficient (Wildman–Crippen LogP) is 3.13. The fraction of sp³-hybridized carbons (Fsp3) is 0.158. The van der Waals surface area contributed by atoms with E-state index in [1.54, 1.807) is 12.4 Å². The first-order valence-corrected chi connectivity index (χ1v) is 9.18. The zero-order valence-corrected chi connectivity index (χ0v) is 14.9. The molecule has 3 N–H and O–H groups in total. The molecule has 0 bridgehead atoms. The Kier molecular flexibility index (Phi) is 4.81. The van der Waals surface area contributed by atoms with E-state index in [9.17, 15) is 0 Å². The fourth-order valence-corrected chi connectivity index (χ4v) is 3.53. The third-order valence-corrected chi connectivity index (χ3v) is 4.95. The van der Waals surface area contributed by atoms with E-state index in [0.717, 1.165) is 33.2 Å². The molecule has 0 aliphatic carbocycles. The molecular weight excluding hydrogens is 344 g/mol. The lowest BCUT2D eigenvalue weighted by molar-refractivity contribution is 0.721. The molecule has 0 aliphatic heterocycles. The second-order valence-corrected chi connectivity index (χ2v) is 6.92. The molecule has 4 rings (SSSR count). The summed E-state index contributed by atoms with van der Waals surface area (Å²) >= 11 is 1.48. The zero-order valence-electron chi connectivity index (χ0n) is 14.0. The maximum atomic E-state index is 5.92. The molecule has 0 aliphatic rings. The molecular formula is C19H18N6S. The Morgan fingerprint density at radius 2 is 1.92 bits per heavy atom. The van der Waals surface area contributed by atoms with Crippen LogP contribution in [0.4, 0.5) is 5.13 Å². The van der Waals surface area contributed by atoms with E-state index in [1.807, 2.05) is 36.4 Å². The maximum Gasteiger partial charge on any atom is 0.206 e. The van der Waals surface area contributed by atoms with Crippen LogP contribution in [0.3, 0.4) is 0 Å². The van der Waals surface area contributed by atoms with Gasteiger partial charge in [0, 0.05) is 30.4 Å². The number of rotatable bonds is 6. The van der Waals surface area contributed by atoms with Gasteiger partial charge >= 0.3 is 0 Å². The van der Waals surface area contributed by atoms with Crippen molar-refractivity contribution < 1.29 is 0 Å². The lowest BCUT2D eigenvalue weighted by Crippen LogP contribution is -2.30. The number of nitrogens with one attached hydrogen (secondary N) is 1. The van der Waals surface area contributed by atoms with Crippen LogP contribution in [-0.4, -0.2) is 32.8 Å². The summed E-state index contributed by atoms with van der Waals surface area (Å²) in [6.45, 7) is 0.519. The standard InChI is InChI=1S/C19H18N6S/c20-11-15(10-13-4-2-1-3-5-13)22-19-25-24-18(26-19)17-7-6-14-12-21-9-8-16(14)23-17/h1-9,12,15H,10-11,20H2,(H,22,25). The molecule has 7 heteroatoms. The zero-order chi connectivity index (χ0) is 17.8. The van der Waals surface area contributed by atoms with Gasteiger partial charge in [-0.1, -0.05) is 41.7 Å². The molecule has 3 aromatic heterocycles. The van der Waals surface area contributed by atoms with Crippen molar-refractivity contribution in [3.05, 3.63) is 66.5 Å². The first-order valence-electron chi connectivity index (χ1n) is 8.37. The van der Waals surface area contributed by atoms with E-state index in [4.69, 9.17) is 5.73 Å². The molecule has 130 valence electrons. The van der Waals surface area contributed by atoms with Gasteiger partial charge in [-0.05, 0) is 30.2 Å². The molecule has 0 spiro atoms. The van der Waals surface area contributed by atoms with Gasteiger partial charge in [0.05, 0.1) is 5.52 Å². The molecule has 1 unspecified atom stereocenters. The summed E-state index contributed by atoms with van der Waals surface area (Å²) in [5.41, 5.74) is 8.87. The number of hydrogen-bond acceptors (Lipinski definition) is 7. The van der Waals surface area contributed by atoms with Crippen LogP contribution in [0, 0.1) is 0 Å². The van der Waals surface area contributed by atoms with Gasteiger partial charge in [0.25, 0.3) is 0 Å². The van der Waals surface area contributed by atoms with Gasteiger partial charge in [-0.25, -0.2) is 4.98 Å². The molecule has 0 fully saturated rings. The highest BCUT2D eigenvalue weighted by molar-refractivity contribution is 7.18. The molecule has 1 atom stereocenters. The normalized spacial score (nSPS) is 12.2. The highest BCUT2D eigenvalue weighted by Gasteiger charge is 2.13. The molecule has 0 radical (unpaired) electrons. The van der Waals surface area contributed by atoms with Crippen LogP contribution in [0.1, 0.15) is 5.56 Å². The molecule has 0 amide bonds. The quantitative estimate of drug-likeness (QED) is 0.548. The van der Waals surface area contributed by atoms with Crippen molar-refractivity contribution in [2.45, 2.75) is 12.5 Å². The number of nitrogens with zero attached hydrogens (tertiary/aromatic N) is 4. The van der Waals surface area contributed by atoms with Crippen molar-refractivity contribution in [2.75, 3.05) is 11.9 Å². The van der Waals surface area contributed by atoms with Crippen LogP contribution in [0.5, 0.6) is 0 Å². The number of aromatic nitrogens is 4. The SMILES string of the molecule is NCC(Cc1ccccc1)Nc1nnc(-c2ccc3cnccc3n2)s1. The number of hydrogen-bond donors (Lipinski definition) is 2. The number of benzene rings is 1. The van der Waals surface area contributed by atoms with Crippen molar-refractivity contribution in [1.82, 2.24) is 20.2 Å². The van der Waals surface area contributed by atoms with Gasteiger partial charge in [-0.15, -0.1) is 10.2 Å². The summed E-state index contributed by atoms with van der Waals surface area (Å²) in [7, 11) is 0. The van der Waals surface area contributed by atoms with Crippen molar-refractivity contribution in [3.8, 4) is 10.7 Å². The van der Waals surface area contributed by atoms with Crippen molar-refractivity contribution in [2.24, 2.45) is 5.73 Å². The van der Waals surface area contributed by atoms with Crippen molar-refractivity contribution in [1.29, 1.82) is 0 Å². The summed E-state index contributed by atoms with van der Waals surface area (Å²) in [4.78, 5) is 8.75. The summed E-state index contributed by atoms with van der Waals surface area (Å²) in [6.07, 6.45) is 4.38. The smallest absolute Gasteiger partial charge is 0.206 e. The Bertz CT molecular complexity index is 1000. The third-order valence-electron chi connectivity index (χ3n) is 4.07. The van der Waals surface area contributed by atoms with E-state index in [1.165, 1.54) is 16.9 Å². The summed E-state index contributed by atoms with van der Waals surface area (Å²) in [6, 6.07) is 16.2. The highest BCUT2D eigenvalue weighted by Crippen LogP contribution is 2.27. The van der Waals surface area contributed by atoms with Gasteiger partial charge in [0.1, 0.15) is 5.69 Å². The number of nitrogens with two attached hydrogens (primary N) is 1. The second-order valence-electron chi connectivity index (χ2n) is 5.94. The van der Waals surface area contributed by atoms with Crippen LogP contribution in [0.15, 0.2) is 60.9 Å². The third kappa shape index (κ3) is 3.68. The Hall–Kier alpha value is -2.90. The number of pyridine rings is 2. The van der Waals surface area contributed by atoms with Crippen LogP contribution in [-0.2, 0) is 6.42 Å². The van der Waals surface area contributed by atoms with Gasteiger partial charge < -0.3 is 11.1 Å². The molecule has 26 heavy (non-hydrogen) atoms. The number of fused-ring (bicyclic) bond motifs is 1. The molecule has 1 aromatic carbocycles. The summed E-state index contributed by atoms with van der Waals surface area (Å²) in [5, 5.41) is 14.4. The Labute approximate surface area is 155 Å². The van der Waals surface area contributed by atoms with E-state index in [0.29, 0.717) is 6.54 Å². The van der Waals surface area contributed by atoms with Gasteiger partial charge in [-0.2, -0.15) is 0 Å².